The average molecular weight is 565 g/mol. The topological polar surface area (TPSA) is 90.7 Å². The molecule has 0 spiro atoms. The van der Waals surface area contributed by atoms with Crippen molar-refractivity contribution in [2.24, 2.45) is 0 Å². The number of fused-ring (bicyclic) bond motifs is 4. The smallest absolute Gasteiger partial charge is 0.319 e. The lowest BCUT2D eigenvalue weighted by atomic mass is 9.84. The molecule has 3 unspecified atom stereocenters. The monoisotopic (exact) mass is 564 g/mol. The SMILES string of the molecule is CC(CO)(COc1nc(N2CC3CCC(C2)N3)c2ccc(-c3cc(O)cc4ccccc34)c(F)c2n1)c1ccccc1. The lowest BCUT2D eigenvalue weighted by Gasteiger charge is -2.34. The van der Waals surface area contributed by atoms with Crippen molar-refractivity contribution in [1.82, 2.24) is 15.3 Å². The van der Waals surface area contributed by atoms with E-state index in [4.69, 9.17) is 9.72 Å². The summed E-state index contributed by atoms with van der Waals surface area (Å²) in [6.07, 6.45) is 2.20. The molecule has 2 aliphatic heterocycles. The number of aromatic nitrogens is 2. The zero-order valence-corrected chi connectivity index (χ0v) is 23.4. The first kappa shape index (κ1) is 26.6. The molecule has 3 N–H and O–H groups in total. The highest BCUT2D eigenvalue weighted by atomic mass is 19.1. The number of phenols is 1. The predicted molar refractivity (Wildman–Crippen MR) is 163 cm³/mol. The Kier molecular flexibility index (Phi) is 6.67. The number of phenolic OH excluding ortho intramolecular Hbond substituents is 1. The number of benzene rings is 4. The number of halogens is 1. The molecule has 4 aromatic carbocycles. The van der Waals surface area contributed by atoms with Crippen LogP contribution >= 0.6 is 0 Å². The molecule has 1 aromatic heterocycles. The van der Waals surface area contributed by atoms with Crippen molar-refractivity contribution in [3.8, 4) is 22.9 Å². The summed E-state index contributed by atoms with van der Waals surface area (Å²) in [4.78, 5) is 11.7. The van der Waals surface area contributed by atoms with Gasteiger partial charge in [-0.2, -0.15) is 9.97 Å². The van der Waals surface area contributed by atoms with E-state index in [2.05, 4.69) is 15.2 Å². The number of aliphatic hydroxyl groups excluding tert-OH is 1. The number of piperazine rings is 1. The van der Waals surface area contributed by atoms with Gasteiger partial charge in [-0.25, -0.2) is 4.39 Å². The number of anilines is 1. The van der Waals surface area contributed by atoms with Crippen molar-refractivity contribution in [2.75, 3.05) is 31.2 Å². The molecule has 8 heteroatoms. The Morgan fingerprint density at radius 3 is 2.43 bits per heavy atom. The van der Waals surface area contributed by atoms with Gasteiger partial charge < -0.3 is 25.2 Å². The Hall–Kier alpha value is -4.27. The molecule has 5 aromatic rings. The van der Waals surface area contributed by atoms with Gasteiger partial charge >= 0.3 is 6.01 Å². The number of nitrogens with zero attached hydrogens (tertiary/aromatic N) is 3. The first-order valence-corrected chi connectivity index (χ1v) is 14.4. The summed E-state index contributed by atoms with van der Waals surface area (Å²) in [5.74, 6) is 0.212. The van der Waals surface area contributed by atoms with Crippen molar-refractivity contribution in [3.63, 3.8) is 0 Å². The molecular weight excluding hydrogens is 531 g/mol. The minimum Gasteiger partial charge on any atom is -0.508 e. The summed E-state index contributed by atoms with van der Waals surface area (Å²) in [7, 11) is 0. The lowest BCUT2D eigenvalue weighted by molar-refractivity contribution is 0.136. The third-order valence-corrected chi connectivity index (χ3v) is 8.76. The fraction of sp³-hybridized carbons (Fsp3) is 0.294. The standard InChI is InChI=1S/C34H33FN4O3/c1-34(19-40,22-8-3-2-4-9-22)20-42-33-37-31-28(32(38-33)39-17-23-11-12-24(18-39)36-23)14-13-27(30(31)35)29-16-25(41)15-21-7-5-6-10-26(21)29/h2-10,13-16,23-24,36,40-41H,11-12,17-20H2,1H3. The molecule has 2 saturated heterocycles. The van der Waals surface area contributed by atoms with Gasteiger partial charge in [0, 0.05) is 41.5 Å². The van der Waals surface area contributed by atoms with E-state index in [9.17, 15) is 10.2 Å². The maximum atomic E-state index is 16.6. The van der Waals surface area contributed by atoms with E-state index in [-0.39, 0.29) is 30.5 Å². The summed E-state index contributed by atoms with van der Waals surface area (Å²) in [5.41, 5.74) is 1.32. The molecular formula is C34H33FN4O3. The summed E-state index contributed by atoms with van der Waals surface area (Å²) in [6.45, 7) is 3.43. The summed E-state index contributed by atoms with van der Waals surface area (Å²) >= 11 is 0. The summed E-state index contributed by atoms with van der Waals surface area (Å²) < 4.78 is 22.8. The van der Waals surface area contributed by atoms with Gasteiger partial charge in [-0.05, 0) is 52.9 Å². The van der Waals surface area contributed by atoms with Gasteiger partial charge in [0.2, 0.25) is 0 Å². The number of aromatic hydroxyl groups is 1. The first-order chi connectivity index (χ1) is 20.4. The lowest BCUT2D eigenvalue weighted by Crippen LogP contribution is -2.51. The van der Waals surface area contributed by atoms with Gasteiger partial charge in [0.25, 0.3) is 0 Å². The second-order valence-corrected chi connectivity index (χ2v) is 11.8. The molecule has 42 heavy (non-hydrogen) atoms. The minimum atomic E-state index is -0.700. The Labute approximate surface area is 243 Å². The molecule has 3 atom stereocenters. The highest BCUT2D eigenvalue weighted by Gasteiger charge is 2.34. The van der Waals surface area contributed by atoms with Crippen LogP contribution in [-0.4, -0.2) is 58.6 Å². The second-order valence-electron chi connectivity index (χ2n) is 11.8. The van der Waals surface area contributed by atoms with Crippen LogP contribution in [0.25, 0.3) is 32.8 Å². The van der Waals surface area contributed by atoms with Crippen LogP contribution in [0.4, 0.5) is 10.2 Å². The van der Waals surface area contributed by atoms with Crippen LogP contribution in [0.1, 0.15) is 25.3 Å². The van der Waals surface area contributed by atoms with E-state index >= 15 is 4.39 Å². The zero-order valence-electron chi connectivity index (χ0n) is 23.4. The minimum absolute atomic E-state index is 0.0656. The van der Waals surface area contributed by atoms with Gasteiger partial charge in [0.15, 0.2) is 5.82 Å². The van der Waals surface area contributed by atoms with Gasteiger partial charge in [-0.1, -0.05) is 67.6 Å². The molecule has 214 valence electrons. The summed E-state index contributed by atoms with van der Waals surface area (Å²) in [6, 6.07) is 25.0. The number of hydrogen-bond acceptors (Lipinski definition) is 7. The van der Waals surface area contributed by atoms with Gasteiger partial charge in [0.1, 0.15) is 23.7 Å². The molecule has 7 nitrogen and oxygen atoms in total. The molecule has 0 saturated carbocycles. The number of aliphatic hydroxyl groups is 1. The van der Waals surface area contributed by atoms with E-state index in [0.717, 1.165) is 42.3 Å². The number of nitrogens with one attached hydrogen (secondary N) is 1. The molecule has 2 bridgehead atoms. The van der Waals surface area contributed by atoms with Gasteiger partial charge in [-0.15, -0.1) is 0 Å². The molecule has 0 radical (unpaired) electrons. The van der Waals surface area contributed by atoms with Crippen LogP contribution in [0.2, 0.25) is 0 Å². The highest BCUT2D eigenvalue weighted by molar-refractivity contribution is 6.01. The zero-order chi connectivity index (χ0) is 28.8. The Balaban J connectivity index is 1.35. The fourth-order valence-corrected chi connectivity index (χ4v) is 6.41. The summed E-state index contributed by atoms with van der Waals surface area (Å²) in [5, 5.41) is 26.7. The Bertz CT molecular complexity index is 1770. The van der Waals surface area contributed by atoms with Crippen LogP contribution < -0.4 is 15.0 Å². The third kappa shape index (κ3) is 4.70. The Morgan fingerprint density at radius 1 is 0.929 bits per heavy atom. The molecule has 2 fully saturated rings. The molecule has 0 aliphatic carbocycles. The van der Waals surface area contributed by atoms with Crippen molar-refractivity contribution in [2.45, 2.75) is 37.3 Å². The van der Waals surface area contributed by atoms with E-state index in [1.165, 1.54) is 0 Å². The van der Waals surface area contributed by atoms with Crippen molar-refractivity contribution < 1.29 is 19.3 Å². The van der Waals surface area contributed by atoms with Crippen LogP contribution in [0.3, 0.4) is 0 Å². The first-order valence-electron chi connectivity index (χ1n) is 14.4. The van der Waals surface area contributed by atoms with Crippen LogP contribution in [0.5, 0.6) is 11.8 Å². The number of ether oxygens (including phenoxy) is 1. The Morgan fingerprint density at radius 2 is 1.67 bits per heavy atom. The highest BCUT2D eigenvalue weighted by Crippen LogP contribution is 2.39. The second kappa shape index (κ2) is 10.5. The van der Waals surface area contributed by atoms with Crippen molar-refractivity contribution >= 4 is 27.5 Å². The maximum absolute atomic E-state index is 16.6. The van der Waals surface area contributed by atoms with E-state index in [0.29, 0.717) is 34.4 Å². The molecule has 7 rings (SSSR count). The normalized spacial score (nSPS) is 19.7. The largest absolute Gasteiger partial charge is 0.508 e. The predicted octanol–water partition coefficient (Wildman–Crippen LogP) is 5.56. The fourth-order valence-electron chi connectivity index (χ4n) is 6.41. The maximum Gasteiger partial charge on any atom is 0.319 e. The third-order valence-electron chi connectivity index (χ3n) is 8.76. The van der Waals surface area contributed by atoms with Crippen molar-refractivity contribution in [1.29, 1.82) is 0 Å². The van der Waals surface area contributed by atoms with E-state index in [1.54, 1.807) is 18.2 Å². The van der Waals surface area contributed by atoms with E-state index in [1.807, 2.05) is 67.6 Å². The van der Waals surface area contributed by atoms with Crippen LogP contribution in [-0.2, 0) is 5.41 Å². The van der Waals surface area contributed by atoms with Crippen molar-refractivity contribution in [3.05, 3.63) is 90.2 Å². The van der Waals surface area contributed by atoms with E-state index < -0.39 is 11.2 Å². The van der Waals surface area contributed by atoms with Crippen LogP contribution in [0.15, 0.2) is 78.9 Å². The molecule has 2 aliphatic rings. The number of hydrogen-bond donors (Lipinski definition) is 3. The quantitative estimate of drug-likeness (QED) is 0.238. The molecule has 0 amide bonds. The average Bonchev–Trinajstić information content (AvgIpc) is 3.36. The van der Waals surface area contributed by atoms with Gasteiger partial charge in [-0.3, -0.25) is 0 Å². The molecule has 3 heterocycles. The van der Waals surface area contributed by atoms with Crippen LogP contribution in [0, 0.1) is 5.82 Å². The van der Waals surface area contributed by atoms with Gasteiger partial charge in [0.05, 0.1) is 6.61 Å². The number of rotatable bonds is 7.